The Labute approximate surface area is 129 Å². The maximum atomic E-state index is 12.5. The molecule has 0 saturated carbocycles. The number of amides is 1. The number of hydrogen-bond acceptors (Lipinski definition) is 4. The summed E-state index contributed by atoms with van der Waals surface area (Å²) < 4.78 is 16.3. The number of benzene rings is 2. The van der Waals surface area contributed by atoms with Gasteiger partial charge in [0.15, 0.2) is 18.1 Å². The predicted molar refractivity (Wildman–Crippen MR) is 82.7 cm³/mol. The number of rotatable bonds is 3. The maximum Gasteiger partial charge on any atom is 0.265 e. The van der Waals surface area contributed by atoms with Gasteiger partial charge in [-0.3, -0.25) is 4.79 Å². The van der Waals surface area contributed by atoms with Crippen LogP contribution in [0.2, 0.25) is 0 Å². The summed E-state index contributed by atoms with van der Waals surface area (Å²) in [7, 11) is 3.18. The van der Waals surface area contributed by atoms with Gasteiger partial charge in [-0.2, -0.15) is 0 Å². The molecule has 5 heteroatoms. The first-order chi connectivity index (χ1) is 10.7. The van der Waals surface area contributed by atoms with Crippen molar-refractivity contribution in [3.05, 3.63) is 48.0 Å². The Morgan fingerprint density at radius 2 is 1.73 bits per heavy atom. The van der Waals surface area contributed by atoms with E-state index in [1.807, 2.05) is 42.5 Å². The van der Waals surface area contributed by atoms with Crippen molar-refractivity contribution in [2.24, 2.45) is 0 Å². The van der Waals surface area contributed by atoms with Crippen LogP contribution in [0.3, 0.4) is 0 Å². The van der Waals surface area contributed by atoms with Crippen molar-refractivity contribution in [3.8, 4) is 17.2 Å². The van der Waals surface area contributed by atoms with E-state index < -0.39 is 0 Å². The molecule has 2 aromatic rings. The summed E-state index contributed by atoms with van der Waals surface area (Å²) >= 11 is 0. The normalized spacial score (nSPS) is 13.9. The summed E-state index contributed by atoms with van der Waals surface area (Å²) in [5.41, 5.74) is 1.63. The second-order valence-corrected chi connectivity index (χ2v) is 4.89. The van der Waals surface area contributed by atoms with Gasteiger partial charge in [0.25, 0.3) is 5.91 Å². The van der Waals surface area contributed by atoms with Crippen LogP contribution in [0.1, 0.15) is 5.56 Å². The fourth-order valence-electron chi connectivity index (χ4n) is 2.55. The lowest BCUT2D eigenvalue weighted by molar-refractivity contribution is -0.120. The molecule has 0 bridgehead atoms. The predicted octanol–water partition coefficient (Wildman–Crippen LogP) is 2.63. The van der Waals surface area contributed by atoms with Crippen LogP contribution in [0.5, 0.6) is 17.2 Å². The van der Waals surface area contributed by atoms with E-state index in [1.54, 1.807) is 19.1 Å². The van der Waals surface area contributed by atoms with Crippen LogP contribution in [-0.2, 0) is 11.3 Å². The third-order valence-corrected chi connectivity index (χ3v) is 3.63. The molecule has 2 aromatic carbocycles. The lowest BCUT2D eigenvalue weighted by atomic mass is 10.1. The zero-order valence-corrected chi connectivity index (χ0v) is 12.5. The van der Waals surface area contributed by atoms with E-state index >= 15 is 0 Å². The second kappa shape index (κ2) is 5.97. The molecule has 1 aliphatic rings. The fourth-order valence-corrected chi connectivity index (χ4v) is 2.55. The topological polar surface area (TPSA) is 48.0 Å². The van der Waals surface area contributed by atoms with Gasteiger partial charge in [-0.05, 0) is 18.2 Å². The molecule has 0 saturated heterocycles. The van der Waals surface area contributed by atoms with Crippen LogP contribution >= 0.6 is 0 Å². The molecular formula is C17H17NO4. The Morgan fingerprint density at radius 1 is 1.00 bits per heavy atom. The number of fused-ring (bicyclic) bond motifs is 1. The summed E-state index contributed by atoms with van der Waals surface area (Å²) in [4.78, 5) is 14.1. The summed E-state index contributed by atoms with van der Waals surface area (Å²) in [6.07, 6.45) is 0. The molecule has 3 rings (SSSR count). The van der Waals surface area contributed by atoms with Gasteiger partial charge in [0.1, 0.15) is 5.75 Å². The minimum Gasteiger partial charge on any atom is -0.495 e. The average Bonchev–Trinajstić information content (AvgIpc) is 2.74. The Balaban J connectivity index is 2.04. The number of methoxy groups -OCH3 is 2. The van der Waals surface area contributed by atoms with Gasteiger partial charge >= 0.3 is 0 Å². The van der Waals surface area contributed by atoms with Crippen LogP contribution in [0, 0.1) is 0 Å². The van der Waals surface area contributed by atoms with Gasteiger partial charge in [0.05, 0.1) is 26.5 Å². The number of anilines is 1. The van der Waals surface area contributed by atoms with Crippen molar-refractivity contribution in [1.82, 2.24) is 0 Å². The van der Waals surface area contributed by atoms with Crippen molar-refractivity contribution in [1.29, 1.82) is 0 Å². The summed E-state index contributed by atoms with van der Waals surface area (Å²) in [5, 5.41) is 0. The molecule has 0 aromatic heterocycles. The molecule has 0 aliphatic carbocycles. The van der Waals surface area contributed by atoms with E-state index in [4.69, 9.17) is 14.2 Å². The van der Waals surface area contributed by atoms with Crippen molar-refractivity contribution in [2.45, 2.75) is 6.54 Å². The smallest absolute Gasteiger partial charge is 0.265 e. The number of para-hydroxylation sites is 3. The van der Waals surface area contributed by atoms with Crippen LogP contribution in [-0.4, -0.2) is 26.7 Å². The Bertz CT molecular complexity index is 699. The first-order valence-electron chi connectivity index (χ1n) is 6.96. The highest BCUT2D eigenvalue weighted by Gasteiger charge is 2.26. The fraction of sp³-hybridized carbons (Fsp3) is 0.235. The molecule has 0 N–H and O–H groups in total. The molecule has 1 aliphatic heterocycles. The molecular weight excluding hydrogens is 282 g/mol. The Morgan fingerprint density at radius 3 is 2.50 bits per heavy atom. The third-order valence-electron chi connectivity index (χ3n) is 3.63. The molecule has 1 amide bonds. The van der Waals surface area contributed by atoms with Gasteiger partial charge < -0.3 is 19.1 Å². The number of hydrogen-bond donors (Lipinski definition) is 0. The van der Waals surface area contributed by atoms with Gasteiger partial charge in [0, 0.05) is 5.56 Å². The molecule has 5 nitrogen and oxygen atoms in total. The zero-order valence-electron chi connectivity index (χ0n) is 12.5. The average molecular weight is 299 g/mol. The minimum absolute atomic E-state index is 0.0363. The lowest BCUT2D eigenvalue weighted by Crippen LogP contribution is -2.32. The molecule has 114 valence electrons. The van der Waals surface area contributed by atoms with Crippen LogP contribution < -0.4 is 19.1 Å². The lowest BCUT2D eigenvalue weighted by Gasteiger charge is -2.22. The molecule has 1 heterocycles. The number of nitrogens with zero attached hydrogens (tertiary/aromatic N) is 1. The minimum atomic E-state index is -0.122. The summed E-state index contributed by atoms with van der Waals surface area (Å²) in [6.45, 7) is 0.372. The number of carbonyl (C=O) groups excluding carboxylic acids is 1. The molecule has 0 unspecified atom stereocenters. The number of ether oxygens (including phenoxy) is 3. The van der Waals surface area contributed by atoms with E-state index in [0.717, 1.165) is 11.3 Å². The monoisotopic (exact) mass is 299 g/mol. The van der Waals surface area contributed by atoms with Crippen molar-refractivity contribution < 1.29 is 19.0 Å². The first kappa shape index (κ1) is 14.3. The summed E-state index contributed by atoms with van der Waals surface area (Å²) in [6, 6.07) is 13.1. The largest absolute Gasteiger partial charge is 0.495 e. The molecule has 0 spiro atoms. The van der Waals surface area contributed by atoms with Crippen molar-refractivity contribution in [2.75, 3.05) is 25.7 Å². The molecule has 0 radical (unpaired) electrons. The third kappa shape index (κ3) is 2.45. The Kier molecular flexibility index (Phi) is 3.87. The SMILES string of the molecule is COc1ccccc1N1Cc2cccc(OC)c2OCC1=O. The van der Waals surface area contributed by atoms with Crippen molar-refractivity contribution >= 4 is 11.6 Å². The molecule has 0 fully saturated rings. The van der Waals surface area contributed by atoms with Crippen molar-refractivity contribution in [3.63, 3.8) is 0 Å². The maximum absolute atomic E-state index is 12.5. The van der Waals surface area contributed by atoms with E-state index in [0.29, 0.717) is 23.8 Å². The van der Waals surface area contributed by atoms with Gasteiger partial charge in [-0.1, -0.05) is 24.3 Å². The summed E-state index contributed by atoms with van der Waals surface area (Å²) in [5.74, 6) is 1.79. The zero-order chi connectivity index (χ0) is 15.5. The van der Waals surface area contributed by atoms with E-state index in [2.05, 4.69) is 0 Å². The first-order valence-corrected chi connectivity index (χ1v) is 6.96. The highest BCUT2D eigenvalue weighted by molar-refractivity contribution is 5.96. The van der Waals surface area contributed by atoms with E-state index in [-0.39, 0.29) is 12.5 Å². The van der Waals surface area contributed by atoms with Crippen LogP contribution in [0.15, 0.2) is 42.5 Å². The molecule has 0 atom stereocenters. The van der Waals surface area contributed by atoms with Gasteiger partial charge in [-0.25, -0.2) is 0 Å². The quantitative estimate of drug-likeness (QED) is 0.874. The van der Waals surface area contributed by atoms with Gasteiger partial charge in [0.2, 0.25) is 0 Å². The Hall–Kier alpha value is -2.69. The van der Waals surface area contributed by atoms with Crippen LogP contribution in [0.4, 0.5) is 5.69 Å². The van der Waals surface area contributed by atoms with Gasteiger partial charge in [-0.15, -0.1) is 0 Å². The highest BCUT2D eigenvalue weighted by atomic mass is 16.5. The van der Waals surface area contributed by atoms with E-state index in [9.17, 15) is 4.79 Å². The van der Waals surface area contributed by atoms with E-state index in [1.165, 1.54) is 0 Å². The highest BCUT2D eigenvalue weighted by Crippen LogP contribution is 2.36. The molecule has 22 heavy (non-hydrogen) atoms. The number of carbonyl (C=O) groups is 1. The second-order valence-electron chi connectivity index (χ2n) is 4.89. The van der Waals surface area contributed by atoms with Crippen LogP contribution in [0.25, 0.3) is 0 Å². The standard InChI is InChI=1S/C17H17NO4/c1-20-14-8-4-3-7-13(14)18-10-12-6-5-9-15(21-2)17(12)22-11-16(18)19/h3-9H,10-11H2,1-2H3.